The van der Waals surface area contributed by atoms with Crippen molar-refractivity contribution in [1.29, 1.82) is 0 Å². The maximum Gasteiger partial charge on any atom is 0.254 e. The van der Waals surface area contributed by atoms with E-state index in [1.165, 1.54) is 29.5 Å². The maximum atomic E-state index is 13.1. The Kier molecular flexibility index (Phi) is 5.02. The quantitative estimate of drug-likeness (QED) is 0.359. The second-order valence-corrected chi connectivity index (χ2v) is 9.04. The van der Waals surface area contributed by atoms with E-state index in [0.717, 1.165) is 34.4 Å². The molecule has 6 rings (SSSR count). The van der Waals surface area contributed by atoms with Gasteiger partial charge in [-0.3, -0.25) is 4.79 Å². The van der Waals surface area contributed by atoms with Crippen molar-refractivity contribution in [2.45, 2.75) is 32.7 Å². The van der Waals surface area contributed by atoms with Crippen LogP contribution in [0, 0.1) is 6.92 Å². The molecule has 0 amide bonds. The van der Waals surface area contributed by atoms with Crippen LogP contribution in [0.5, 0.6) is 0 Å². The number of aromatic amines is 1. The Morgan fingerprint density at radius 3 is 2.56 bits per heavy atom. The number of benzene rings is 3. The molecule has 2 aromatic heterocycles. The summed E-state index contributed by atoms with van der Waals surface area (Å²) in [7, 11) is 0. The van der Waals surface area contributed by atoms with E-state index in [1.54, 1.807) is 0 Å². The molecule has 34 heavy (non-hydrogen) atoms. The van der Waals surface area contributed by atoms with E-state index in [4.69, 9.17) is 5.10 Å². The van der Waals surface area contributed by atoms with Crippen LogP contribution in [0.4, 0.5) is 5.69 Å². The number of aromatic nitrogens is 3. The van der Waals surface area contributed by atoms with Crippen LogP contribution in [0.2, 0.25) is 0 Å². The Morgan fingerprint density at radius 1 is 0.941 bits per heavy atom. The standard InChI is InChI=1S/C29H26N4O/c1-19-10-12-21(13-11-19)27-26-17-23(18-30-24-15-14-20-6-5-7-22(20)16-24)29(34)31-28(26)33(32-27)25-8-3-2-4-9-25/h2-4,8-17,30H,5-7,18H2,1H3,(H,31,34). The highest BCUT2D eigenvalue weighted by molar-refractivity contribution is 5.92. The van der Waals surface area contributed by atoms with Crippen LogP contribution in [-0.4, -0.2) is 14.8 Å². The Morgan fingerprint density at radius 2 is 1.74 bits per heavy atom. The summed E-state index contributed by atoms with van der Waals surface area (Å²) in [4.78, 5) is 16.2. The average Bonchev–Trinajstić information content (AvgIpc) is 3.48. The molecule has 5 aromatic rings. The van der Waals surface area contributed by atoms with E-state index in [0.29, 0.717) is 17.8 Å². The summed E-state index contributed by atoms with van der Waals surface area (Å²) in [6.45, 7) is 2.53. The van der Waals surface area contributed by atoms with Crippen molar-refractivity contribution in [3.8, 4) is 16.9 Å². The number of fused-ring (bicyclic) bond motifs is 2. The monoisotopic (exact) mass is 446 g/mol. The molecule has 0 saturated heterocycles. The lowest BCUT2D eigenvalue weighted by molar-refractivity contribution is 0.896. The summed E-state index contributed by atoms with van der Waals surface area (Å²) < 4.78 is 1.82. The number of hydrogen-bond acceptors (Lipinski definition) is 3. The Balaban J connectivity index is 1.43. The smallest absolute Gasteiger partial charge is 0.254 e. The molecule has 0 radical (unpaired) electrons. The van der Waals surface area contributed by atoms with E-state index in [9.17, 15) is 4.79 Å². The molecule has 3 aromatic carbocycles. The molecule has 0 bridgehead atoms. The highest BCUT2D eigenvalue weighted by Crippen LogP contribution is 2.29. The fourth-order valence-corrected chi connectivity index (χ4v) is 4.81. The molecule has 1 aliphatic carbocycles. The number of para-hydroxylation sites is 1. The van der Waals surface area contributed by atoms with Gasteiger partial charge in [0.2, 0.25) is 0 Å². The van der Waals surface area contributed by atoms with E-state index >= 15 is 0 Å². The molecule has 0 unspecified atom stereocenters. The van der Waals surface area contributed by atoms with E-state index in [2.05, 4.69) is 59.7 Å². The van der Waals surface area contributed by atoms with Crippen molar-refractivity contribution < 1.29 is 0 Å². The number of pyridine rings is 1. The molecule has 168 valence electrons. The van der Waals surface area contributed by atoms with E-state index in [-0.39, 0.29) is 5.56 Å². The topological polar surface area (TPSA) is 62.7 Å². The molecular formula is C29H26N4O. The normalized spacial score (nSPS) is 12.7. The van der Waals surface area contributed by atoms with Gasteiger partial charge in [0.25, 0.3) is 5.56 Å². The van der Waals surface area contributed by atoms with Gasteiger partial charge in [-0.15, -0.1) is 0 Å². The van der Waals surface area contributed by atoms with Gasteiger partial charge < -0.3 is 10.3 Å². The third-order valence-electron chi connectivity index (χ3n) is 6.67. The second kappa shape index (κ2) is 8.34. The van der Waals surface area contributed by atoms with E-state index in [1.807, 2.05) is 41.1 Å². The summed E-state index contributed by atoms with van der Waals surface area (Å²) >= 11 is 0. The third-order valence-corrected chi connectivity index (χ3v) is 6.67. The number of nitrogens with zero attached hydrogens (tertiary/aromatic N) is 2. The number of anilines is 1. The number of aryl methyl sites for hydroxylation is 3. The van der Waals surface area contributed by atoms with Crippen LogP contribution in [-0.2, 0) is 19.4 Å². The first kappa shape index (κ1) is 20.5. The lowest BCUT2D eigenvalue weighted by atomic mass is 10.1. The molecule has 0 spiro atoms. The van der Waals surface area contributed by atoms with Crippen LogP contribution in [0.1, 0.15) is 28.7 Å². The summed E-state index contributed by atoms with van der Waals surface area (Å²) in [6.07, 6.45) is 3.53. The van der Waals surface area contributed by atoms with Crippen molar-refractivity contribution >= 4 is 16.7 Å². The number of hydrogen-bond donors (Lipinski definition) is 2. The molecule has 0 aliphatic heterocycles. The highest BCUT2D eigenvalue weighted by atomic mass is 16.1. The molecule has 1 aliphatic rings. The van der Waals surface area contributed by atoms with E-state index < -0.39 is 0 Å². The first-order valence-electron chi connectivity index (χ1n) is 11.8. The first-order valence-corrected chi connectivity index (χ1v) is 11.8. The average molecular weight is 447 g/mol. The Bertz CT molecular complexity index is 1550. The van der Waals surface area contributed by atoms with Crippen LogP contribution in [0.25, 0.3) is 28.0 Å². The summed E-state index contributed by atoms with van der Waals surface area (Å²) in [5.74, 6) is 0. The molecule has 2 N–H and O–H groups in total. The number of H-pyrrole nitrogens is 1. The largest absolute Gasteiger partial charge is 0.381 e. The van der Waals surface area contributed by atoms with Gasteiger partial charge in [0, 0.05) is 28.7 Å². The molecule has 0 fully saturated rings. The predicted molar refractivity (Wildman–Crippen MR) is 138 cm³/mol. The predicted octanol–water partition coefficient (Wildman–Crippen LogP) is 5.79. The lowest BCUT2D eigenvalue weighted by Crippen LogP contribution is -2.16. The molecule has 5 nitrogen and oxygen atoms in total. The van der Waals surface area contributed by atoms with Gasteiger partial charge in [-0.05, 0) is 67.6 Å². The van der Waals surface area contributed by atoms with Gasteiger partial charge in [0.15, 0.2) is 0 Å². The van der Waals surface area contributed by atoms with Gasteiger partial charge in [-0.1, -0.05) is 54.1 Å². The molecule has 2 heterocycles. The molecular weight excluding hydrogens is 420 g/mol. The van der Waals surface area contributed by atoms with Crippen molar-refractivity contribution in [3.63, 3.8) is 0 Å². The van der Waals surface area contributed by atoms with Gasteiger partial charge in [-0.25, -0.2) is 4.68 Å². The Labute approximate surface area is 198 Å². The zero-order valence-electron chi connectivity index (χ0n) is 19.1. The van der Waals surface area contributed by atoms with Gasteiger partial charge in [0.1, 0.15) is 11.3 Å². The Hall–Kier alpha value is -4.12. The fraction of sp³-hybridized carbons (Fsp3) is 0.172. The molecule has 0 atom stereocenters. The summed E-state index contributed by atoms with van der Waals surface area (Å²) in [5.41, 5.74) is 9.19. The summed E-state index contributed by atoms with van der Waals surface area (Å²) in [6, 6.07) is 26.8. The zero-order valence-corrected chi connectivity index (χ0v) is 19.1. The van der Waals surface area contributed by atoms with Crippen LogP contribution < -0.4 is 10.9 Å². The molecule has 0 saturated carbocycles. The maximum absolute atomic E-state index is 13.1. The minimum Gasteiger partial charge on any atom is -0.381 e. The fourth-order valence-electron chi connectivity index (χ4n) is 4.81. The second-order valence-electron chi connectivity index (χ2n) is 9.04. The molecule has 5 heteroatoms. The van der Waals surface area contributed by atoms with Crippen LogP contribution >= 0.6 is 0 Å². The van der Waals surface area contributed by atoms with Crippen molar-refractivity contribution in [2.75, 3.05) is 5.32 Å². The highest BCUT2D eigenvalue weighted by Gasteiger charge is 2.17. The number of nitrogens with one attached hydrogen (secondary N) is 2. The van der Waals surface area contributed by atoms with Gasteiger partial charge in [0.05, 0.1) is 5.69 Å². The van der Waals surface area contributed by atoms with Crippen LogP contribution in [0.3, 0.4) is 0 Å². The number of rotatable bonds is 5. The van der Waals surface area contributed by atoms with Gasteiger partial charge >= 0.3 is 0 Å². The SMILES string of the molecule is Cc1ccc(-c2nn(-c3ccccc3)c3[nH]c(=O)c(CNc4ccc5c(c4)CCC5)cc23)cc1. The van der Waals surface area contributed by atoms with Crippen molar-refractivity contribution in [1.82, 2.24) is 14.8 Å². The van der Waals surface area contributed by atoms with Crippen LogP contribution in [0.15, 0.2) is 83.7 Å². The minimum atomic E-state index is -0.103. The summed E-state index contributed by atoms with van der Waals surface area (Å²) in [5, 5.41) is 9.31. The van der Waals surface area contributed by atoms with Gasteiger partial charge in [-0.2, -0.15) is 5.10 Å². The lowest BCUT2D eigenvalue weighted by Gasteiger charge is -2.09. The third kappa shape index (κ3) is 3.69. The zero-order chi connectivity index (χ0) is 23.1. The van der Waals surface area contributed by atoms with Crippen molar-refractivity contribution in [3.05, 3.63) is 111 Å². The minimum absolute atomic E-state index is 0.103. The first-order chi connectivity index (χ1) is 16.7. The van der Waals surface area contributed by atoms with Crippen molar-refractivity contribution in [2.24, 2.45) is 0 Å².